The van der Waals surface area contributed by atoms with Gasteiger partial charge in [-0.25, -0.2) is 0 Å². The summed E-state index contributed by atoms with van der Waals surface area (Å²) in [5.41, 5.74) is 4.49. The first-order valence-electron chi connectivity index (χ1n) is 7.30. The summed E-state index contributed by atoms with van der Waals surface area (Å²) in [5.74, 6) is 0. The number of nitrogens with zero attached hydrogens (tertiary/aromatic N) is 3. The number of nitrogens with one attached hydrogen (secondary N) is 1. The molecule has 1 atom stereocenters. The summed E-state index contributed by atoms with van der Waals surface area (Å²) in [6.07, 6.45) is 1.83. The molecule has 108 valence electrons. The topological polar surface area (TPSA) is 42.7 Å². The molecule has 0 saturated carbocycles. The van der Waals surface area contributed by atoms with Gasteiger partial charge < -0.3 is 5.32 Å². The lowest BCUT2D eigenvalue weighted by Crippen LogP contribution is -2.21. The average Bonchev–Trinajstić information content (AvgIpc) is 2.89. The Morgan fingerprint density at radius 1 is 1.24 bits per heavy atom. The van der Waals surface area contributed by atoms with Gasteiger partial charge in [-0.05, 0) is 44.7 Å². The summed E-state index contributed by atoms with van der Waals surface area (Å²) in [7, 11) is 1.99. The van der Waals surface area contributed by atoms with Crippen molar-refractivity contribution in [3.8, 4) is 0 Å². The molecule has 2 heterocycles. The summed E-state index contributed by atoms with van der Waals surface area (Å²) in [4.78, 5) is 4.45. The molecule has 3 rings (SSSR count). The number of fused-ring (bicyclic) bond motifs is 1. The van der Waals surface area contributed by atoms with E-state index in [1.807, 2.05) is 32.3 Å². The van der Waals surface area contributed by atoms with Crippen molar-refractivity contribution in [2.45, 2.75) is 26.4 Å². The summed E-state index contributed by atoms with van der Waals surface area (Å²) >= 11 is 0. The third-order valence-electron chi connectivity index (χ3n) is 3.81. The fraction of sp³-hybridized carbons (Fsp3) is 0.294. The van der Waals surface area contributed by atoms with Crippen LogP contribution in [-0.4, -0.2) is 21.8 Å². The summed E-state index contributed by atoms with van der Waals surface area (Å²) in [5, 5.41) is 9.17. The van der Waals surface area contributed by atoms with E-state index in [4.69, 9.17) is 0 Å². The van der Waals surface area contributed by atoms with E-state index >= 15 is 0 Å². The van der Waals surface area contributed by atoms with Gasteiger partial charge in [0.2, 0.25) is 0 Å². The molecule has 0 aliphatic rings. The Morgan fingerprint density at radius 2 is 2.10 bits per heavy atom. The van der Waals surface area contributed by atoms with Gasteiger partial charge >= 0.3 is 0 Å². The highest BCUT2D eigenvalue weighted by Gasteiger charge is 2.19. The molecule has 0 saturated heterocycles. The standard InChI is InChI=1S/C17H20N4/c1-4-21-16(11-12(2)20-21)17(18-3)14-7-5-9-15-13(14)8-6-10-19-15/h5-11,17-18H,4H2,1-3H3. The lowest BCUT2D eigenvalue weighted by Gasteiger charge is -2.19. The lowest BCUT2D eigenvalue weighted by atomic mass is 9.98. The van der Waals surface area contributed by atoms with Gasteiger partial charge in [-0.3, -0.25) is 9.67 Å². The van der Waals surface area contributed by atoms with Crippen LogP contribution in [0.1, 0.15) is 29.9 Å². The number of pyridine rings is 1. The first-order chi connectivity index (χ1) is 10.2. The van der Waals surface area contributed by atoms with Gasteiger partial charge in [0.25, 0.3) is 0 Å². The van der Waals surface area contributed by atoms with E-state index in [9.17, 15) is 0 Å². The predicted molar refractivity (Wildman–Crippen MR) is 85.3 cm³/mol. The Balaban J connectivity index is 2.18. The molecular formula is C17H20N4. The number of hydrogen-bond donors (Lipinski definition) is 1. The van der Waals surface area contributed by atoms with Crippen LogP contribution in [-0.2, 0) is 6.54 Å². The van der Waals surface area contributed by atoms with Crippen molar-refractivity contribution in [1.29, 1.82) is 0 Å². The molecule has 4 heteroatoms. The van der Waals surface area contributed by atoms with E-state index in [0.717, 1.165) is 17.8 Å². The second-order valence-electron chi connectivity index (χ2n) is 5.17. The molecule has 0 aliphatic heterocycles. The monoisotopic (exact) mass is 280 g/mol. The maximum atomic E-state index is 4.56. The van der Waals surface area contributed by atoms with Gasteiger partial charge in [0, 0.05) is 18.1 Å². The normalized spacial score (nSPS) is 12.7. The van der Waals surface area contributed by atoms with Crippen LogP contribution in [0.2, 0.25) is 0 Å². The van der Waals surface area contributed by atoms with E-state index in [2.05, 4.69) is 51.3 Å². The molecule has 1 unspecified atom stereocenters. The van der Waals surface area contributed by atoms with Gasteiger partial charge in [-0.2, -0.15) is 5.10 Å². The van der Waals surface area contributed by atoms with Crippen molar-refractivity contribution < 1.29 is 0 Å². The maximum Gasteiger partial charge on any atom is 0.0752 e. The zero-order chi connectivity index (χ0) is 14.8. The van der Waals surface area contributed by atoms with Crippen LogP contribution in [0.15, 0.2) is 42.6 Å². The Kier molecular flexibility index (Phi) is 3.71. The molecule has 21 heavy (non-hydrogen) atoms. The number of aryl methyl sites for hydroxylation is 2. The molecule has 1 N–H and O–H groups in total. The van der Waals surface area contributed by atoms with Crippen LogP contribution in [0.3, 0.4) is 0 Å². The first-order valence-corrected chi connectivity index (χ1v) is 7.30. The van der Waals surface area contributed by atoms with Crippen molar-refractivity contribution in [1.82, 2.24) is 20.1 Å². The average molecular weight is 280 g/mol. The highest BCUT2D eigenvalue weighted by atomic mass is 15.3. The number of aromatic nitrogens is 3. The van der Waals surface area contributed by atoms with E-state index in [1.54, 1.807) is 0 Å². The quantitative estimate of drug-likeness (QED) is 0.798. The molecule has 1 aromatic carbocycles. The van der Waals surface area contributed by atoms with Crippen molar-refractivity contribution in [3.63, 3.8) is 0 Å². The fourth-order valence-corrected chi connectivity index (χ4v) is 2.89. The van der Waals surface area contributed by atoms with Crippen LogP contribution in [0, 0.1) is 6.92 Å². The molecule has 0 fully saturated rings. The summed E-state index contributed by atoms with van der Waals surface area (Å²) < 4.78 is 2.06. The minimum Gasteiger partial charge on any atom is -0.308 e. The molecule has 0 amide bonds. The Bertz CT molecular complexity index is 755. The maximum absolute atomic E-state index is 4.56. The molecule has 0 spiro atoms. The smallest absolute Gasteiger partial charge is 0.0752 e. The molecule has 0 aliphatic carbocycles. The second kappa shape index (κ2) is 5.66. The van der Waals surface area contributed by atoms with Crippen LogP contribution >= 0.6 is 0 Å². The molecule has 3 aromatic rings. The van der Waals surface area contributed by atoms with Crippen LogP contribution in [0.25, 0.3) is 10.9 Å². The summed E-state index contributed by atoms with van der Waals surface area (Å²) in [6.45, 7) is 5.02. The zero-order valence-electron chi connectivity index (χ0n) is 12.7. The van der Waals surface area contributed by atoms with Crippen LogP contribution in [0.4, 0.5) is 0 Å². The molecular weight excluding hydrogens is 260 g/mol. The Morgan fingerprint density at radius 3 is 2.86 bits per heavy atom. The van der Waals surface area contributed by atoms with Crippen molar-refractivity contribution in [2.24, 2.45) is 0 Å². The first kappa shape index (κ1) is 13.8. The molecule has 2 aromatic heterocycles. The SMILES string of the molecule is CCn1nc(C)cc1C(NC)c1cccc2ncccc12. The van der Waals surface area contributed by atoms with E-state index in [-0.39, 0.29) is 6.04 Å². The van der Waals surface area contributed by atoms with E-state index < -0.39 is 0 Å². The number of hydrogen-bond acceptors (Lipinski definition) is 3. The van der Waals surface area contributed by atoms with Crippen LogP contribution in [0.5, 0.6) is 0 Å². The van der Waals surface area contributed by atoms with Gasteiger partial charge in [0.05, 0.1) is 22.9 Å². The van der Waals surface area contributed by atoms with Crippen molar-refractivity contribution in [3.05, 3.63) is 59.5 Å². The van der Waals surface area contributed by atoms with E-state index in [1.165, 1.54) is 16.6 Å². The second-order valence-corrected chi connectivity index (χ2v) is 5.17. The minimum atomic E-state index is 0.110. The Labute approximate surface area is 124 Å². The third-order valence-corrected chi connectivity index (χ3v) is 3.81. The zero-order valence-corrected chi connectivity index (χ0v) is 12.7. The highest BCUT2D eigenvalue weighted by molar-refractivity contribution is 5.82. The Hall–Kier alpha value is -2.20. The van der Waals surface area contributed by atoms with Gasteiger partial charge in [0.1, 0.15) is 0 Å². The molecule has 0 radical (unpaired) electrons. The summed E-state index contributed by atoms with van der Waals surface area (Å²) in [6, 6.07) is 12.7. The lowest BCUT2D eigenvalue weighted by molar-refractivity contribution is 0.563. The molecule has 4 nitrogen and oxygen atoms in total. The highest BCUT2D eigenvalue weighted by Crippen LogP contribution is 2.28. The van der Waals surface area contributed by atoms with Gasteiger partial charge in [-0.1, -0.05) is 18.2 Å². The van der Waals surface area contributed by atoms with Crippen molar-refractivity contribution in [2.75, 3.05) is 7.05 Å². The fourth-order valence-electron chi connectivity index (χ4n) is 2.89. The number of benzene rings is 1. The predicted octanol–water partition coefficient (Wildman–Crippen LogP) is 3.07. The van der Waals surface area contributed by atoms with Gasteiger partial charge in [0.15, 0.2) is 0 Å². The largest absolute Gasteiger partial charge is 0.308 e. The third kappa shape index (κ3) is 2.43. The van der Waals surface area contributed by atoms with Gasteiger partial charge in [-0.15, -0.1) is 0 Å². The molecule has 0 bridgehead atoms. The van der Waals surface area contributed by atoms with Crippen LogP contribution < -0.4 is 5.32 Å². The minimum absolute atomic E-state index is 0.110. The van der Waals surface area contributed by atoms with E-state index in [0.29, 0.717) is 0 Å². The number of rotatable bonds is 4. The van der Waals surface area contributed by atoms with Crippen molar-refractivity contribution >= 4 is 10.9 Å².